The minimum Gasteiger partial charge on any atom is -0.388 e. The second kappa shape index (κ2) is 3.76. The number of aromatic amines is 1. The first kappa shape index (κ1) is 9.60. The Bertz CT molecular complexity index is 490. The summed E-state index contributed by atoms with van der Waals surface area (Å²) in [5, 5.41) is 17.4. The van der Waals surface area contributed by atoms with Crippen LogP contribution in [-0.2, 0) is 6.42 Å². The standard InChI is InChI=1S/C13H14N2O/c16-11-8-4-7-10-12(11)13(15-14-10)9-5-2-1-3-6-9/h1-3,5-6,11,16H,4,7-8H2,(H,14,15). The molecule has 3 heteroatoms. The highest BCUT2D eigenvalue weighted by Gasteiger charge is 2.24. The van der Waals surface area contributed by atoms with Crippen LogP contribution in [0, 0.1) is 0 Å². The van der Waals surface area contributed by atoms with Crippen LogP contribution in [0.15, 0.2) is 30.3 Å². The maximum Gasteiger partial charge on any atom is 0.0981 e. The molecule has 3 nitrogen and oxygen atoms in total. The zero-order valence-corrected chi connectivity index (χ0v) is 8.98. The molecule has 2 aromatic rings. The van der Waals surface area contributed by atoms with E-state index >= 15 is 0 Å². The third-order valence-corrected chi connectivity index (χ3v) is 3.17. The lowest BCUT2D eigenvalue weighted by molar-refractivity contribution is 0.157. The Morgan fingerprint density at radius 2 is 2.06 bits per heavy atom. The molecule has 1 heterocycles. The predicted octanol–water partition coefficient (Wildman–Crippen LogP) is 2.45. The van der Waals surface area contributed by atoms with Crippen LogP contribution in [0.5, 0.6) is 0 Å². The van der Waals surface area contributed by atoms with Crippen LogP contribution in [0.3, 0.4) is 0 Å². The molecule has 0 saturated carbocycles. The maximum atomic E-state index is 10.0. The van der Waals surface area contributed by atoms with Crippen molar-refractivity contribution in [3.05, 3.63) is 41.6 Å². The summed E-state index contributed by atoms with van der Waals surface area (Å²) < 4.78 is 0. The Morgan fingerprint density at radius 1 is 1.25 bits per heavy atom. The van der Waals surface area contributed by atoms with Crippen molar-refractivity contribution >= 4 is 0 Å². The molecule has 1 aromatic heterocycles. The molecule has 1 aromatic carbocycles. The molecule has 0 radical (unpaired) electrons. The van der Waals surface area contributed by atoms with Crippen molar-refractivity contribution in [2.45, 2.75) is 25.4 Å². The molecule has 1 unspecified atom stereocenters. The second-order valence-corrected chi connectivity index (χ2v) is 4.24. The molecule has 1 aliphatic carbocycles. The smallest absolute Gasteiger partial charge is 0.0981 e. The highest BCUT2D eigenvalue weighted by atomic mass is 16.3. The molecule has 0 fully saturated rings. The van der Waals surface area contributed by atoms with Crippen molar-refractivity contribution in [2.24, 2.45) is 0 Å². The van der Waals surface area contributed by atoms with E-state index in [2.05, 4.69) is 10.2 Å². The van der Waals surface area contributed by atoms with Gasteiger partial charge in [0.15, 0.2) is 0 Å². The molecule has 0 bridgehead atoms. The number of aliphatic hydroxyl groups is 1. The number of rotatable bonds is 1. The number of hydrogen-bond donors (Lipinski definition) is 2. The third kappa shape index (κ3) is 1.44. The average Bonchev–Trinajstić information content (AvgIpc) is 2.75. The molecular formula is C13H14N2O. The molecule has 0 spiro atoms. The minimum absolute atomic E-state index is 0.363. The lowest BCUT2D eigenvalue weighted by Crippen LogP contribution is -2.08. The zero-order chi connectivity index (χ0) is 11.0. The van der Waals surface area contributed by atoms with Crippen molar-refractivity contribution in [1.82, 2.24) is 10.2 Å². The van der Waals surface area contributed by atoms with Gasteiger partial charge in [-0.1, -0.05) is 30.3 Å². The lowest BCUT2D eigenvalue weighted by Gasteiger charge is -2.17. The van der Waals surface area contributed by atoms with Crippen LogP contribution >= 0.6 is 0 Å². The summed E-state index contributed by atoms with van der Waals surface area (Å²) in [6, 6.07) is 10.0. The minimum atomic E-state index is -0.363. The molecule has 16 heavy (non-hydrogen) atoms. The normalized spacial score (nSPS) is 19.4. The highest BCUT2D eigenvalue weighted by molar-refractivity contribution is 5.64. The van der Waals surface area contributed by atoms with Crippen LogP contribution in [0.1, 0.15) is 30.2 Å². The summed E-state index contributed by atoms with van der Waals surface area (Å²) in [5.41, 5.74) is 4.07. The van der Waals surface area contributed by atoms with E-state index in [9.17, 15) is 5.11 Å². The first-order valence-corrected chi connectivity index (χ1v) is 5.67. The number of aromatic nitrogens is 2. The van der Waals surface area contributed by atoms with Crippen molar-refractivity contribution in [3.8, 4) is 11.3 Å². The summed E-state index contributed by atoms with van der Waals surface area (Å²) in [7, 11) is 0. The molecule has 1 aliphatic rings. The van der Waals surface area contributed by atoms with Gasteiger partial charge in [-0.15, -0.1) is 0 Å². The first-order valence-electron chi connectivity index (χ1n) is 5.67. The summed E-state index contributed by atoms with van der Waals surface area (Å²) >= 11 is 0. The number of aryl methyl sites for hydroxylation is 1. The van der Waals surface area contributed by atoms with Gasteiger partial charge in [0.05, 0.1) is 11.8 Å². The number of nitrogens with one attached hydrogen (secondary N) is 1. The van der Waals surface area contributed by atoms with Gasteiger partial charge in [0.1, 0.15) is 0 Å². The van der Waals surface area contributed by atoms with Gasteiger partial charge in [-0.25, -0.2) is 0 Å². The van der Waals surface area contributed by atoms with E-state index in [-0.39, 0.29) is 6.10 Å². The monoisotopic (exact) mass is 214 g/mol. The third-order valence-electron chi connectivity index (χ3n) is 3.17. The molecule has 3 rings (SSSR count). The van der Waals surface area contributed by atoms with Crippen molar-refractivity contribution in [1.29, 1.82) is 0 Å². The predicted molar refractivity (Wildman–Crippen MR) is 61.9 cm³/mol. The van der Waals surface area contributed by atoms with Crippen LogP contribution in [0.2, 0.25) is 0 Å². The maximum absolute atomic E-state index is 10.0. The van der Waals surface area contributed by atoms with Crippen molar-refractivity contribution in [2.75, 3.05) is 0 Å². The van der Waals surface area contributed by atoms with E-state index in [0.29, 0.717) is 0 Å². The van der Waals surface area contributed by atoms with Gasteiger partial charge in [0.25, 0.3) is 0 Å². The Kier molecular flexibility index (Phi) is 2.26. The number of aliphatic hydroxyl groups excluding tert-OH is 1. The van der Waals surface area contributed by atoms with Crippen LogP contribution in [0.4, 0.5) is 0 Å². The Labute approximate surface area is 94.1 Å². The highest BCUT2D eigenvalue weighted by Crippen LogP contribution is 2.35. The van der Waals surface area contributed by atoms with Crippen molar-refractivity contribution < 1.29 is 5.11 Å². The SMILES string of the molecule is OC1CCCc2[nH]nc(-c3ccccc3)c21. The van der Waals surface area contributed by atoms with Gasteiger partial charge < -0.3 is 5.11 Å². The fourth-order valence-corrected chi connectivity index (χ4v) is 2.37. The first-order chi connectivity index (χ1) is 7.86. The number of hydrogen-bond acceptors (Lipinski definition) is 2. The topological polar surface area (TPSA) is 48.9 Å². The van der Waals surface area contributed by atoms with E-state index in [4.69, 9.17) is 0 Å². The van der Waals surface area contributed by atoms with Crippen LogP contribution in [-0.4, -0.2) is 15.3 Å². The molecule has 0 saturated heterocycles. The van der Waals surface area contributed by atoms with E-state index in [1.807, 2.05) is 30.3 Å². The number of H-pyrrole nitrogens is 1. The quantitative estimate of drug-likeness (QED) is 0.766. The van der Waals surface area contributed by atoms with Gasteiger partial charge in [0.2, 0.25) is 0 Å². The molecule has 1 atom stereocenters. The second-order valence-electron chi connectivity index (χ2n) is 4.24. The molecule has 2 N–H and O–H groups in total. The van der Waals surface area contributed by atoms with Gasteiger partial charge >= 0.3 is 0 Å². The van der Waals surface area contributed by atoms with Crippen LogP contribution in [0.25, 0.3) is 11.3 Å². The van der Waals surface area contributed by atoms with E-state index in [0.717, 1.165) is 41.8 Å². The van der Waals surface area contributed by atoms with Gasteiger partial charge in [-0.05, 0) is 19.3 Å². The summed E-state index contributed by atoms with van der Waals surface area (Å²) in [6.45, 7) is 0. The summed E-state index contributed by atoms with van der Waals surface area (Å²) in [5.74, 6) is 0. The summed E-state index contributed by atoms with van der Waals surface area (Å²) in [6.07, 6.45) is 2.50. The molecule has 0 amide bonds. The van der Waals surface area contributed by atoms with E-state index in [1.54, 1.807) is 0 Å². The Hall–Kier alpha value is -1.61. The van der Waals surface area contributed by atoms with Gasteiger partial charge in [0, 0.05) is 16.8 Å². The zero-order valence-electron chi connectivity index (χ0n) is 8.98. The fourth-order valence-electron chi connectivity index (χ4n) is 2.37. The van der Waals surface area contributed by atoms with Crippen molar-refractivity contribution in [3.63, 3.8) is 0 Å². The lowest BCUT2D eigenvalue weighted by atomic mass is 9.91. The van der Waals surface area contributed by atoms with Gasteiger partial charge in [-0.2, -0.15) is 5.10 Å². The Balaban J connectivity index is 2.13. The van der Waals surface area contributed by atoms with Crippen LogP contribution < -0.4 is 0 Å². The number of benzene rings is 1. The molecule has 0 aliphatic heterocycles. The number of fused-ring (bicyclic) bond motifs is 1. The largest absolute Gasteiger partial charge is 0.388 e. The fraction of sp³-hybridized carbons (Fsp3) is 0.308. The average molecular weight is 214 g/mol. The Morgan fingerprint density at radius 3 is 2.88 bits per heavy atom. The van der Waals surface area contributed by atoms with E-state index in [1.165, 1.54) is 0 Å². The van der Waals surface area contributed by atoms with E-state index < -0.39 is 0 Å². The summed E-state index contributed by atoms with van der Waals surface area (Å²) in [4.78, 5) is 0. The molecule has 82 valence electrons. The molecular weight excluding hydrogens is 200 g/mol. The number of nitrogens with zero attached hydrogens (tertiary/aromatic N) is 1. The van der Waals surface area contributed by atoms with Gasteiger partial charge in [-0.3, -0.25) is 5.10 Å².